The molecule has 0 bridgehead atoms. The summed E-state index contributed by atoms with van der Waals surface area (Å²) in [6, 6.07) is 5.84. The summed E-state index contributed by atoms with van der Waals surface area (Å²) in [6.45, 7) is 1.24. The molecular weight excluding hydrogens is 420 g/mol. The van der Waals surface area contributed by atoms with E-state index in [0.717, 1.165) is 30.3 Å². The van der Waals surface area contributed by atoms with Crippen molar-refractivity contribution in [1.82, 2.24) is 0 Å². The van der Waals surface area contributed by atoms with E-state index in [1.165, 1.54) is 6.92 Å². The number of nitro benzene ring substituents is 1. The first-order valence-electron chi connectivity index (χ1n) is 7.96. The number of amides is 1. The predicted molar refractivity (Wildman–Crippen MR) is 94.3 cm³/mol. The second kappa shape index (κ2) is 8.15. The van der Waals surface area contributed by atoms with Crippen LogP contribution in [0, 0.1) is 21.8 Å². The summed E-state index contributed by atoms with van der Waals surface area (Å²) in [4.78, 5) is 21.5. The van der Waals surface area contributed by atoms with Crippen molar-refractivity contribution in [2.45, 2.75) is 18.0 Å². The highest BCUT2D eigenvalue weighted by Gasteiger charge is 2.38. The van der Waals surface area contributed by atoms with Gasteiger partial charge >= 0.3 is 6.18 Å². The number of nitro groups is 1. The normalized spacial score (nSPS) is 13.0. The minimum Gasteiger partial charge on any atom is -0.326 e. The zero-order chi connectivity index (χ0) is 22.0. The highest BCUT2D eigenvalue weighted by atomic mass is 32.2. The number of rotatable bonds is 6. The molecule has 1 atom stereocenters. The van der Waals surface area contributed by atoms with Crippen LogP contribution in [-0.4, -0.2) is 25.0 Å². The zero-order valence-electron chi connectivity index (χ0n) is 14.7. The summed E-state index contributed by atoms with van der Waals surface area (Å²) in [7, 11) is -3.96. The second-order valence-electron chi connectivity index (χ2n) is 6.11. The third-order valence-electron chi connectivity index (χ3n) is 3.86. The topological polar surface area (TPSA) is 106 Å². The van der Waals surface area contributed by atoms with Crippen LogP contribution >= 0.6 is 0 Å². The first-order chi connectivity index (χ1) is 13.3. The van der Waals surface area contributed by atoms with E-state index in [-0.39, 0.29) is 10.6 Å². The largest absolute Gasteiger partial charge is 0.423 e. The highest BCUT2D eigenvalue weighted by molar-refractivity contribution is 7.91. The molecule has 0 saturated carbocycles. The van der Waals surface area contributed by atoms with Crippen molar-refractivity contribution in [3.05, 3.63) is 64.0 Å². The van der Waals surface area contributed by atoms with Crippen molar-refractivity contribution in [3.8, 4) is 0 Å². The van der Waals surface area contributed by atoms with Crippen LogP contribution < -0.4 is 5.32 Å². The molecule has 0 aliphatic carbocycles. The Balaban J connectivity index is 2.19. The van der Waals surface area contributed by atoms with E-state index in [1.807, 2.05) is 0 Å². The zero-order valence-corrected chi connectivity index (χ0v) is 15.6. The SMILES string of the molecule is CC(CS(=O)(=O)c1ccc(F)cc1)C(=O)Nc1ccc([N+](=O)[O-])c(C(F)(F)F)c1. The molecule has 7 nitrogen and oxygen atoms in total. The molecule has 2 aromatic rings. The van der Waals surface area contributed by atoms with Crippen LogP contribution in [0.25, 0.3) is 0 Å². The van der Waals surface area contributed by atoms with Crippen LogP contribution in [0.3, 0.4) is 0 Å². The fourth-order valence-corrected chi connectivity index (χ4v) is 3.96. The molecule has 0 aliphatic rings. The minimum absolute atomic E-state index is 0.215. The van der Waals surface area contributed by atoms with E-state index < -0.39 is 55.6 Å². The Bertz CT molecular complexity index is 1040. The van der Waals surface area contributed by atoms with E-state index in [0.29, 0.717) is 12.1 Å². The molecule has 12 heteroatoms. The lowest BCUT2D eigenvalue weighted by Crippen LogP contribution is -2.27. The maximum atomic E-state index is 13.0. The summed E-state index contributed by atoms with van der Waals surface area (Å²) in [5, 5.41) is 12.9. The van der Waals surface area contributed by atoms with Gasteiger partial charge in [0.25, 0.3) is 5.69 Å². The van der Waals surface area contributed by atoms with Crippen molar-refractivity contribution >= 4 is 27.1 Å². The number of carbonyl (C=O) groups is 1. The molecule has 2 aromatic carbocycles. The summed E-state index contributed by atoms with van der Waals surface area (Å²) >= 11 is 0. The number of carbonyl (C=O) groups excluding carboxylic acids is 1. The Morgan fingerprint density at radius 3 is 2.28 bits per heavy atom. The number of hydrogen-bond acceptors (Lipinski definition) is 5. The molecule has 1 N–H and O–H groups in total. The summed E-state index contributed by atoms with van der Waals surface area (Å²) in [5.74, 6) is -3.40. The average Bonchev–Trinajstić information content (AvgIpc) is 2.60. The van der Waals surface area contributed by atoms with Gasteiger partial charge in [0.2, 0.25) is 5.91 Å². The van der Waals surface area contributed by atoms with E-state index in [2.05, 4.69) is 5.32 Å². The Labute approximate surface area is 162 Å². The van der Waals surface area contributed by atoms with Crippen LogP contribution in [-0.2, 0) is 20.8 Å². The molecule has 1 amide bonds. The van der Waals surface area contributed by atoms with Gasteiger partial charge in [-0.05, 0) is 36.4 Å². The third kappa shape index (κ3) is 5.50. The van der Waals surface area contributed by atoms with Gasteiger partial charge in [0.1, 0.15) is 11.4 Å². The van der Waals surface area contributed by atoms with Gasteiger partial charge in [-0.15, -0.1) is 0 Å². The number of halogens is 4. The molecule has 0 aliphatic heterocycles. The molecule has 0 heterocycles. The quantitative estimate of drug-likeness (QED) is 0.322. The van der Waals surface area contributed by atoms with Crippen LogP contribution in [0.2, 0.25) is 0 Å². The Morgan fingerprint density at radius 1 is 1.17 bits per heavy atom. The molecule has 29 heavy (non-hydrogen) atoms. The van der Waals surface area contributed by atoms with Crippen molar-refractivity contribution in [1.29, 1.82) is 0 Å². The fourth-order valence-electron chi connectivity index (χ4n) is 2.41. The maximum Gasteiger partial charge on any atom is 0.423 e. The van der Waals surface area contributed by atoms with Crippen molar-refractivity contribution in [3.63, 3.8) is 0 Å². The third-order valence-corrected chi connectivity index (χ3v) is 5.79. The predicted octanol–water partition coefficient (Wildman–Crippen LogP) is 3.80. The molecule has 0 spiro atoms. The van der Waals surface area contributed by atoms with Crippen LogP contribution in [0.5, 0.6) is 0 Å². The Hall–Kier alpha value is -3.02. The number of sulfone groups is 1. The lowest BCUT2D eigenvalue weighted by molar-refractivity contribution is -0.388. The monoisotopic (exact) mass is 434 g/mol. The number of nitrogens with one attached hydrogen (secondary N) is 1. The average molecular weight is 434 g/mol. The van der Waals surface area contributed by atoms with Crippen LogP contribution in [0.1, 0.15) is 12.5 Å². The van der Waals surface area contributed by atoms with Crippen LogP contribution in [0.15, 0.2) is 47.4 Å². The highest BCUT2D eigenvalue weighted by Crippen LogP contribution is 2.37. The lowest BCUT2D eigenvalue weighted by Gasteiger charge is -2.14. The standard InChI is InChI=1S/C17H14F4N2O5S/c1-10(9-29(27,28)13-5-2-11(18)3-6-13)16(24)22-12-4-7-15(23(25)26)14(8-12)17(19,20)21/h2-8,10H,9H2,1H3,(H,22,24). The van der Waals surface area contributed by atoms with E-state index >= 15 is 0 Å². The number of benzene rings is 2. The molecule has 1 unspecified atom stereocenters. The number of hydrogen-bond donors (Lipinski definition) is 1. The second-order valence-corrected chi connectivity index (χ2v) is 8.15. The van der Waals surface area contributed by atoms with Crippen LogP contribution in [0.4, 0.5) is 28.9 Å². The van der Waals surface area contributed by atoms with Gasteiger partial charge < -0.3 is 5.32 Å². The smallest absolute Gasteiger partial charge is 0.326 e. The van der Waals surface area contributed by atoms with Crippen molar-refractivity contribution in [2.75, 3.05) is 11.1 Å². The molecule has 0 fully saturated rings. The van der Waals surface area contributed by atoms with Gasteiger partial charge in [-0.25, -0.2) is 12.8 Å². The van der Waals surface area contributed by atoms with E-state index in [9.17, 15) is 40.9 Å². The number of anilines is 1. The van der Waals surface area contributed by atoms with Crippen molar-refractivity contribution in [2.24, 2.45) is 5.92 Å². The lowest BCUT2D eigenvalue weighted by atomic mass is 10.1. The van der Waals surface area contributed by atoms with Gasteiger partial charge in [0.05, 0.1) is 15.6 Å². The Kier molecular flexibility index (Phi) is 6.26. The van der Waals surface area contributed by atoms with E-state index in [1.54, 1.807) is 0 Å². The van der Waals surface area contributed by atoms with Gasteiger partial charge in [-0.3, -0.25) is 14.9 Å². The van der Waals surface area contributed by atoms with Gasteiger partial charge in [-0.2, -0.15) is 13.2 Å². The van der Waals surface area contributed by atoms with E-state index in [4.69, 9.17) is 0 Å². The summed E-state index contributed by atoms with van der Waals surface area (Å²) < 4.78 is 76.5. The van der Waals surface area contributed by atoms with Gasteiger partial charge in [-0.1, -0.05) is 6.92 Å². The summed E-state index contributed by atoms with van der Waals surface area (Å²) in [5.41, 5.74) is -3.10. The molecule has 0 radical (unpaired) electrons. The van der Waals surface area contributed by atoms with Crippen molar-refractivity contribution < 1.29 is 35.7 Å². The molecule has 0 aromatic heterocycles. The van der Waals surface area contributed by atoms with Gasteiger partial charge in [0.15, 0.2) is 9.84 Å². The molecule has 2 rings (SSSR count). The molecule has 156 valence electrons. The first kappa shape index (κ1) is 22.3. The maximum absolute atomic E-state index is 13.0. The summed E-state index contributed by atoms with van der Waals surface area (Å²) in [6.07, 6.45) is -5.03. The first-order valence-corrected chi connectivity index (χ1v) is 9.61. The number of nitrogens with zero attached hydrogens (tertiary/aromatic N) is 1. The number of alkyl halides is 3. The molecular formula is C17H14F4N2O5S. The fraction of sp³-hybridized carbons (Fsp3) is 0.235. The Morgan fingerprint density at radius 2 is 1.76 bits per heavy atom. The van der Waals surface area contributed by atoms with Gasteiger partial charge in [0, 0.05) is 17.7 Å². The molecule has 0 saturated heterocycles. The minimum atomic E-state index is -5.03.